The highest BCUT2D eigenvalue weighted by Gasteiger charge is 2.57. The van der Waals surface area contributed by atoms with Crippen LogP contribution < -0.4 is 0 Å². The molecule has 0 amide bonds. The maximum Gasteiger partial charge on any atom is 0.303 e. The Morgan fingerprint density at radius 2 is 0.860 bits per heavy atom. The highest BCUT2D eigenvalue weighted by atomic mass is 79.9. The number of hydrogen-bond acceptors (Lipinski definition) is 18. The van der Waals surface area contributed by atoms with Crippen molar-refractivity contribution in [2.24, 2.45) is 5.92 Å². The summed E-state index contributed by atoms with van der Waals surface area (Å²) < 4.78 is 62.3. The second-order valence-electron chi connectivity index (χ2n) is 11.2. The smallest absolute Gasteiger partial charge is 0.303 e. The van der Waals surface area contributed by atoms with Crippen molar-refractivity contribution in [2.45, 2.75) is 110 Å². The van der Waals surface area contributed by atoms with Crippen LogP contribution in [0.3, 0.4) is 0 Å². The average Bonchev–Trinajstić information content (AvgIpc) is 2.99. The predicted molar refractivity (Wildman–Crippen MR) is 170 cm³/mol. The molecule has 2 fully saturated rings. The molecule has 2 saturated heterocycles. The van der Waals surface area contributed by atoms with E-state index < -0.39 is 116 Å². The Labute approximate surface area is 304 Å². The SMILES string of the molecule is CC(=O)OC[C@H]1O[C@H](O[C@@H]2[C@H](OC(C)=O)[C@@H](OC(C)=O)[C@H](OCC(CBr)CBr)O[C@@H]2COC(C)=O)[C@H](OC(C)=O)[C@@H](OC(C)=O)[C@H]1OC(C)=O. The summed E-state index contributed by atoms with van der Waals surface area (Å²) in [6.45, 7) is 6.55. The van der Waals surface area contributed by atoms with Crippen LogP contribution in [0.1, 0.15) is 48.5 Å². The number of esters is 7. The van der Waals surface area contributed by atoms with Gasteiger partial charge < -0.3 is 52.1 Å². The summed E-state index contributed by atoms with van der Waals surface area (Å²) in [7, 11) is 0. The van der Waals surface area contributed by atoms with Crippen molar-refractivity contribution in [2.75, 3.05) is 30.5 Å². The largest absolute Gasteiger partial charge is 0.463 e. The number of alkyl halides is 2. The van der Waals surface area contributed by atoms with E-state index in [1.807, 2.05) is 0 Å². The molecule has 0 aromatic carbocycles. The second kappa shape index (κ2) is 20.8. The molecule has 0 aromatic heterocycles. The van der Waals surface area contributed by atoms with Crippen LogP contribution >= 0.6 is 31.9 Å². The van der Waals surface area contributed by atoms with Gasteiger partial charge in [-0.15, -0.1) is 0 Å². The molecule has 10 atom stereocenters. The first-order valence-corrected chi connectivity index (χ1v) is 17.5. The molecule has 0 N–H and O–H groups in total. The molecule has 50 heavy (non-hydrogen) atoms. The minimum Gasteiger partial charge on any atom is -0.463 e. The van der Waals surface area contributed by atoms with Crippen molar-refractivity contribution in [1.29, 1.82) is 0 Å². The molecule has 18 nitrogen and oxygen atoms in total. The van der Waals surface area contributed by atoms with E-state index in [-0.39, 0.29) is 12.5 Å². The van der Waals surface area contributed by atoms with E-state index >= 15 is 0 Å². The van der Waals surface area contributed by atoms with Gasteiger partial charge in [0.1, 0.15) is 31.5 Å². The lowest BCUT2D eigenvalue weighted by Crippen LogP contribution is -2.67. The van der Waals surface area contributed by atoms with Crippen LogP contribution in [0.5, 0.6) is 0 Å². The molecular weight excluding hydrogens is 808 g/mol. The normalized spacial score (nSPS) is 29.2. The minimum absolute atomic E-state index is 0.0667. The minimum atomic E-state index is -1.77. The fourth-order valence-corrected chi connectivity index (χ4v) is 6.41. The third-order valence-corrected chi connectivity index (χ3v) is 8.65. The molecule has 0 bridgehead atoms. The molecule has 2 aliphatic rings. The zero-order chi connectivity index (χ0) is 37.7. The van der Waals surface area contributed by atoms with Gasteiger partial charge in [0, 0.05) is 65.0 Å². The fourth-order valence-electron chi connectivity index (χ4n) is 4.97. The average molecular weight is 850 g/mol. The van der Waals surface area contributed by atoms with Crippen LogP contribution in [0.4, 0.5) is 0 Å². The van der Waals surface area contributed by atoms with Gasteiger partial charge >= 0.3 is 41.8 Å². The van der Waals surface area contributed by atoms with Gasteiger partial charge in [-0.05, 0) is 0 Å². The first kappa shape index (κ1) is 43.3. The van der Waals surface area contributed by atoms with Crippen molar-refractivity contribution in [1.82, 2.24) is 0 Å². The Morgan fingerprint density at radius 3 is 1.28 bits per heavy atom. The highest BCUT2D eigenvalue weighted by Crippen LogP contribution is 2.35. The summed E-state index contributed by atoms with van der Waals surface area (Å²) in [6.07, 6.45) is -15.2. The lowest BCUT2D eigenvalue weighted by molar-refractivity contribution is -0.361. The number of halogens is 2. The molecule has 20 heteroatoms. The molecular formula is C30H42Br2O18. The first-order chi connectivity index (χ1) is 23.5. The van der Waals surface area contributed by atoms with E-state index in [1.54, 1.807) is 0 Å². The lowest BCUT2D eigenvalue weighted by atomic mass is 9.96. The van der Waals surface area contributed by atoms with E-state index in [1.165, 1.54) is 0 Å². The highest BCUT2D eigenvalue weighted by molar-refractivity contribution is 9.09. The topological polar surface area (TPSA) is 221 Å². The van der Waals surface area contributed by atoms with Gasteiger partial charge in [-0.25, -0.2) is 0 Å². The number of ether oxygens (including phenoxy) is 11. The van der Waals surface area contributed by atoms with Gasteiger partial charge in [0.15, 0.2) is 43.1 Å². The second-order valence-corrected chi connectivity index (χ2v) is 12.5. The Bertz CT molecular complexity index is 1210. The number of carbonyl (C=O) groups excluding carboxylic acids is 7. The first-order valence-electron chi connectivity index (χ1n) is 15.3. The van der Waals surface area contributed by atoms with E-state index in [9.17, 15) is 33.6 Å². The lowest BCUT2D eigenvalue weighted by Gasteiger charge is -2.48. The van der Waals surface area contributed by atoms with Gasteiger partial charge in [0.2, 0.25) is 0 Å². The Hall–Kier alpha value is -2.91. The summed E-state index contributed by atoms with van der Waals surface area (Å²) in [5.41, 5.74) is 0. The Morgan fingerprint density at radius 1 is 0.500 bits per heavy atom. The summed E-state index contributed by atoms with van der Waals surface area (Å²) in [6, 6.07) is 0. The molecule has 0 unspecified atom stereocenters. The molecule has 2 aliphatic heterocycles. The summed E-state index contributed by atoms with van der Waals surface area (Å²) in [5.74, 6) is -5.85. The maximum atomic E-state index is 12.5. The van der Waals surface area contributed by atoms with E-state index in [4.69, 9.17) is 52.1 Å². The Kier molecular flexibility index (Phi) is 18.0. The van der Waals surface area contributed by atoms with Crippen molar-refractivity contribution in [3.63, 3.8) is 0 Å². The van der Waals surface area contributed by atoms with Crippen LogP contribution in [0, 0.1) is 5.92 Å². The fraction of sp³-hybridized carbons (Fsp3) is 0.767. The summed E-state index contributed by atoms with van der Waals surface area (Å²) in [5, 5.41) is 1.03. The zero-order valence-electron chi connectivity index (χ0n) is 28.5. The maximum absolute atomic E-state index is 12.5. The van der Waals surface area contributed by atoms with Crippen LogP contribution in [-0.4, -0.2) is 134 Å². The van der Waals surface area contributed by atoms with E-state index in [0.717, 1.165) is 48.5 Å². The van der Waals surface area contributed by atoms with Crippen LogP contribution in [0.25, 0.3) is 0 Å². The van der Waals surface area contributed by atoms with Crippen LogP contribution in [-0.2, 0) is 85.7 Å². The van der Waals surface area contributed by atoms with Crippen LogP contribution in [0.2, 0.25) is 0 Å². The number of carbonyl (C=O) groups is 7. The molecule has 2 heterocycles. The van der Waals surface area contributed by atoms with Crippen molar-refractivity contribution >= 4 is 73.6 Å². The van der Waals surface area contributed by atoms with Gasteiger partial charge in [-0.3, -0.25) is 33.6 Å². The van der Waals surface area contributed by atoms with Gasteiger partial charge in [-0.1, -0.05) is 31.9 Å². The van der Waals surface area contributed by atoms with Gasteiger partial charge in [0.05, 0.1) is 6.61 Å². The molecule has 0 saturated carbocycles. The molecule has 0 aliphatic carbocycles. The monoisotopic (exact) mass is 848 g/mol. The van der Waals surface area contributed by atoms with Crippen molar-refractivity contribution < 1.29 is 85.7 Å². The van der Waals surface area contributed by atoms with Crippen LogP contribution in [0.15, 0.2) is 0 Å². The third-order valence-electron chi connectivity index (χ3n) is 6.82. The molecule has 2 rings (SSSR count). The predicted octanol–water partition coefficient (Wildman–Crippen LogP) is 1.03. The number of hydrogen-bond donors (Lipinski definition) is 0. The quantitative estimate of drug-likeness (QED) is 0.120. The standard InChI is InChI=1S/C30H42Br2O18/c1-13(33)40-11-21-23(43-15(3)35)25(44-16(4)36)28(47-19(7)39)30(49-21)50-24-22(12-41-14(2)34)48-29(42-10-20(8-31)9-32)27(46-18(6)38)26(24)45-17(5)37/h20-30H,8-12H2,1-7H3/t21-,22-,23+,24+,25+,26+,27-,28-,29-,30-/m1/s1. The molecule has 284 valence electrons. The van der Waals surface area contributed by atoms with E-state index in [2.05, 4.69) is 31.9 Å². The van der Waals surface area contributed by atoms with Gasteiger partial charge in [-0.2, -0.15) is 0 Å². The molecule has 0 radical (unpaired) electrons. The van der Waals surface area contributed by atoms with Crippen molar-refractivity contribution in [3.8, 4) is 0 Å². The molecule has 0 aromatic rings. The summed E-state index contributed by atoms with van der Waals surface area (Å²) in [4.78, 5) is 85.3. The Balaban J connectivity index is 2.72. The zero-order valence-corrected chi connectivity index (χ0v) is 31.7. The third kappa shape index (κ3) is 13.7. The van der Waals surface area contributed by atoms with Gasteiger partial charge in [0.25, 0.3) is 0 Å². The number of rotatable bonds is 16. The van der Waals surface area contributed by atoms with E-state index in [0.29, 0.717) is 10.7 Å². The van der Waals surface area contributed by atoms with Crippen molar-refractivity contribution in [3.05, 3.63) is 0 Å². The molecule has 0 spiro atoms. The summed E-state index contributed by atoms with van der Waals surface area (Å²) >= 11 is 6.76.